The van der Waals surface area contributed by atoms with Crippen LogP contribution in [0, 0.1) is 6.92 Å². The van der Waals surface area contributed by atoms with Crippen molar-refractivity contribution in [1.29, 1.82) is 0 Å². The Bertz CT molecular complexity index is 1020. The molecule has 7 heteroatoms. The fourth-order valence-electron chi connectivity index (χ4n) is 4.12. The van der Waals surface area contributed by atoms with Crippen LogP contribution in [-0.4, -0.2) is 52.4 Å². The summed E-state index contributed by atoms with van der Waals surface area (Å²) in [5.74, 6) is -0.335. The molecule has 0 radical (unpaired) electrons. The predicted octanol–water partition coefficient (Wildman–Crippen LogP) is 3.95. The van der Waals surface area contributed by atoms with E-state index in [1.54, 1.807) is 11.3 Å². The van der Waals surface area contributed by atoms with Crippen molar-refractivity contribution in [3.63, 3.8) is 0 Å². The molecule has 5 rings (SSSR count). The summed E-state index contributed by atoms with van der Waals surface area (Å²) in [7, 11) is 0. The fraction of sp³-hybridized carbons (Fsp3) is 0.391. The maximum absolute atomic E-state index is 12.9. The summed E-state index contributed by atoms with van der Waals surface area (Å²) < 4.78 is 13.5. The monoisotopic (exact) mass is 423 g/mol. The van der Waals surface area contributed by atoms with E-state index in [9.17, 15) is 4.79 Å². The second-order valence-electron chi connectivity index (χ2n) is 7.91. The van der Waals surface area contributed by atoms with Crippen molar-refractivity contribution in [2.24, 2.45) is 0 Å². The second-order valence-corrected chi connectivity index (χ2v) is 8.77. The van der Waals surface area contributed by atoms with E-state index in [1.165, 1.54) is 5.56 Å². The summed E-state index contributed by atoms with van der Waals surface area (Å²) in [5, 5.41) is 3.00. The van der Waals surface area contributed by atoms with Crippen LogP contribution in [-0.2, 0) is 20.8 Å². The second kappa shape index (κ2) is 7.98. The Kier molecular flexibility index (Phi) is 5.18. The van der Waals surface area contributed by atoms with E-state index in [0.29, 0.717) is 32.8 Å². The Balaban J connectivity index is 1.27. The third-order valence-corrected chi connectivity index (χ3v) is 6.76. The number of thiazole rings is 1. The summed E-state index contributed by atoms with van der Waals surface area (Å²) in [5.41, 5.74) is 4.28. The van der Waals surface area contributed by atoms with Crippen molar-refractivity contribution in [1.82, 2.24) is 14.5 Å². The van der Waals surface area contributed by atoms with Gasteiger partial charge in [-0.15, -0.1) is 11.3 Å². The number of likely N-dealkylation sites (tertiary alicyclic amines) is 1. The van der Waals surface area contributed by atoms with E-state index in [0.717, 1.165) is 34.8 Å². The molecule has 2 saturated heterocycles. The first-order valence-electron chi connectivity index (χ1n) is 10.4. The van der Waals surface area contributed by atoms with Gasteiger partial charge in [-0.3, -0.25) is 4.79 Å². The van der Waals surface area contributed by atoms with Gasteiger partial charge in [0.1, 0.15) is 11.6 Å². The number of nitrogens with zero attached hydrogens (tertiary/aromatic N) is 3. The average Bonchev–Trinajstić information content (AvgIpc) is 3.50. The van der Waals surface area contributed by atoms with Gasteiger partial charge in [-0.25, -0.2) is 4.98 Å². The zero-order valence-electron chi connectivity index (χ0n) is 17.0. The SMILES string of the molecule is Cc1ccc(-c2csc(-c3cccn3CC(=O)N3CCC4(CC3)OCCO4)n2)cc1. The highest BCUT2D eigenvalue weighted by Gasteiger charge is 2.40. The number of carbonyl (C=O) groups is 1. The van der Waals surface area contributed by atoms with Gasteiger partial charge in [0, 0.05) is 43.1 Å². The number of ether oxygens (including phenoxy) is 2. The molecule has 2 aliphatic heterocycles. The molecule has 0 unspecified atom stereocenters. The van der Waals surface area contributed by atoms with Gasteiger partial charge < -0.3 is 18.9 Å². The van der Waals surface area contributed by atoms with Crippen LogP contribution in [0.1, 0.15) is 18.4 Å². The standard InChI is InChI=1S/C23H25N3O3S/c1-17-4-6-18(7-5-17)19-16-30-22(24-19)20-3-2-10-26(20)15-21(27)25-11-8-23(9-12-25)28-13-14-29-23/h2-7,10,16H,8-9,11-15H2,1H3. The Morgan fingerprint density at radius 2 is 1.87 bits per heavy atom. The van der Waals surface area contributed by atoms with Gasteiger partial charge in [0.15, 0.2) is 5.79 Å². The van der Waals surface area contributed by atoms with Crippen molar-refractivity contribution in [3.8, 4) is 22.0 Å². The molecule has 0 bridgehead atoms. The molecule has 0 aliphatic carbocycles. The van der Waals surface area contributed by atoms with Crippen LogP contribution in [0.25, 0.3) is 22.0 Å². The normalized spacial score (nSPS) is 18.2. The van der Waals surface area contributed by atoms with Gasteiger partial charge in [0.05, 0.1) is 24.6 Å². The largest absolute Gasteiger partial charge is 0.347 e. The Morgan fingerprint density at radius 1 is 1.13 bits per heavy atom. The maximum atomic E-state index is 12.9. The summed E-state index contributed by atoms with van der Waals surface area (Å²) in [6.07, 6.45) is 3.43. The first kappa shape index (κ1) is 19.5. The molecule has 3 aromatic rings. The van der Waals surface area contributed by atoms with Gasteiger partial charge in [-0.05, 0) is 19.1 Å². The van der Waals surface area contributed by atoms with Crippen molar-refractivity contribution >= 4 is 17.2 Å². The van der Waals surface area contributed by atoms with E-state index in [4.69, 9.17) is 14.5 Å². The lowest BCUT2D eigenvalue weighted by molar-refractivity contribution is -0.187. The minimum atomic E-state index is -0.456. The number of carbonyl (C=O) groups excluding carboxylic acids is 1. The Labute approximate surface area is 180 Å². The molecular formula is C23H25N3O3S. The third kappa shape index (κ3) is 3.80. The molecule has 1 aromatic carbocycles. The Morgan fingerprint density at radius 3 is 2.60 bits per heavy atom. The average molecular weight is 424 g/mol. The molecule has 2 aromatic heterocycles. The highest BCUT2D eigenvalue weighted by molar-refractivity contribution is 7.13. The van der Waals surface area contributed by atoms with Crippen LogP contribution in [0.15, 0.2) is 48.0 Å². The number of benzene rings is 1. The number of aromatic nitrogens is 2. The number of rotatable bonds is 4. The highest BCUT2D eigenvalue weighted by atomic mass is 32.1. The molecule has 0 atom stereocenters. The molecule has 30 heavy (non-hydrogen) atoms. The molecule has 4 heterocycles. The smallest absolute Gasteiger partial charge is 0.242 e. The predicted molar refractivity (Wildman–Crippen MR) is 116 cm³/mol. The van der Waals surface area contributed by atoms with Gasteiger partial charge in [0.25, 0.3) is 0 Å². The van der Waals surface area contributed by atoms with Crippen LogP contribution < -0.4 is 0 Å². The zero-order valence-corrected chi connectivity index (χ0v) is 17.9. The van der Waals surface area contributed by atoms with Crippen LogP contribution in [0.4, 0.5) is 0 Å². The third-order valence-electron chi connectivity index (χ3n) is 5.90. The molecule has 0 saturated carbocycles. The van der Waals surface area contributed by atoms with E-state index in [2.05, 4.69) is 36.6 Å². The van der Waals surface area contributed by atoms with Gasteiger partial charge in [-0.2, -0.15) is 0 Å². The summed E-state index contributed by atoms with van der Waals surface area (Å²) in [4.78, 5) is 19.7. The first-order valence-corrected chi connectivity index (χ1v) is 11.2. The molecule has 1 spiro atoms. The number of aryl methyl sites for hydroxylation is 1. The molecule has 6 nitrogen and oxygen atoms in total. The van der Waals surface area contributed by atoms with Crippen LogP contribution in [0.2, 0.25) is 0 Å². The quantitative estimate of drug-likeness (QED) is 0.638. The number of amides is 1. The zero-order chi connectivity index (χ0) is 20.6. The molecular weight excluding hydrogens is 398 g/mol. The minimum absolute atomic E-state index is 0.121. The van der Waals surface area contributed by atoms with Gasteiger partial charge in [0.2, 0.25) is 5.91 Å². The summed E-state index contributed by atoms with van der Waals surface area (Å²) in [6.45, 7) is 5.04. The van der Waals surface area contributed by atoms with Crippen molar-refractivity contribution in [2.75, 3.05) is 26.3 Å². The lowest BCUT2D eigenvalue weighted by atomic mass is 10.0. The van der Waals surface area contributed by atoms with Gasteiger partial charge >= 0.3 is 0 Å². The molecule has 2 fully saturated rings. The van der Waals surface area contributed by atoms with Crippen LogP contribution in [0.5, 0.6) is 0 Å². The molecule has 156 valence electrons. The molecule has 0 N–H and O–H groups in total. The fourth-order valence-corrected chi connectivity index (χ4v) is 4.99. The number of piperidine rings is 1. The van der Waals surface area contributed by atoms with E-state index < -0.39 is 5.79 Å². The summed E-state index contributed by atoms with van der Waals surface area (Å²) >= 11 is 1.61. The molecule has 1 amide bonds. The van der Waals surface area contributed by atoms with Gasteiger partial charge in [-0.1, -0.05) is 29.8 Å². The van der Waals surface area contributed by atoms with E-state index in [1.807, 2.05) is 27.8 Å². The van der Waals surface area contributed by atoms with E-state index in [-0.39, 0.29) is 5.91 Å². The van der Waals surface area contributed by atoms with Crippen LogP contribution >= 0.6 is 11.3 Å². The van der Waals surface area contributed by atoms with Crippen molar-refractivity contribution in [3.05, 3.63) is 53.5 Å². The number of hydrogen-bond donors (Lipinski definition) is 0. The Hall–Kier alpha value is -2.48. The highest BCUT2D eigenvalue weighted by Crippen LogP contribution is 2.32. The van der Waals surface area contributed by atoms with E-state index >= 15 is 0 Å². The lowest BCUT2D eigenvalue weighted by Crippen LogP contribution is -2.48. The minimum Gasteiger partial charge on any atom is -0.347 e. The topological polar surface area (TPSA) is 56.6 Å². The lowest BCUT2D eigenvalue weighted by Gasteiger charge is -2.37. The maximum Gasteiger partial charge on any atom is 0.242 e. The molecule has 2 aliphatic rings. The van der Waals surface area contributed by atoms with Crippen molar-refractivity contribution < 1.29 is 14.3 Å². The van der Waals surface area contributed by atoms with Crippen LogP contribution in [0.3, 0.4) is 0 Å². The summed E-state index contributed by atoms with van der Waals surface area (Å²) in [6, 6.07) is 12.4. The first-order chi connectivity index (χ1) is 14.6. The number of hydrogen-bond acceptors (Lipinski definition) is 5. The van der Waals surface area contributed by atoms with Crippen molar-refractivity contribution in [2.45, 2.75) is 32.1 Å².